The Balaban J connectivity index is 1.68. The van der Waals surface area contributed by atoms with Gasteiger partial charge in [-0.1, -0.05) is 12.1 Å². The number of amides is 1. The molecule has 7 heteroatoms. The number of H-pyrrole nitrogens is 1. The Kier molecular flexibility index (Phi) is 4.76. The Bertz CT molecular complexity index is 934. The molecule has 0 aliphatic carbocycles. The smallest absolute Gasteiger partial charge is 0.261 e. The number of carbonyl (C=O) groups excluding carboxylic acids is 1. The van der Waals surface area contributed by atoms with Crippen molar-refractivity contribution in [2.75, 3.05) is 6.54 Å². The van der Waals surface area contributed by atoms with Gasteiger partial charge in [-0.3, -0.25) is 9.59 Å². The average Bonchev–Trinajstić information content (AvgIpc) is 3.14. The van der Waals surface area contributed by atoms with E-state index in [9.17, 15) is 19.1 Å². The van der Waals surface area contributed by atoms with Crippen LogP contribution in [0.1, 0.15) is 22.0 Å². The predicted octanol–water partition coefficient (Wildman–Crippen LogP) is 2.24. The molecule has 128 valence electrons. The first-order chi connectivity index (χ1) is 12.0. The summed E-state index contributed by atoms with van der Waals surface area (Å²) in [5, 5.41) is 12.5. The van der Waals surface area contributed by atoms with Gasteiger partial charge >= 0.3 is 0 Å². The third-order valence-electron chi connectivity index (χ3n) is 3.63. The lowest BCUT2D eigenvalue weighted by molar-refractivity contribution is 0.0914. The lowest BCUT2D eigenvalue weighted by Crippen LogP contribution is -2.32. The van der Waals surface area contributed by atoms with E-state index in [1.165, 1.54) is 30.5 Å². The van der Waals surface area contributed by atoms with E-state index in [-0.39, 0.29) is 12.1 Å². The van der Waals surface area contributed by atoms with Crippen LogP contribution < -0.4 is 10.9 Å². The molecule has 3 rings (SSSR count). The van der Waals surface area contributed by atoms with E-state index in [1.807, 2.05) is 0 Å². The third kappa shape index (κ3) is 3.84. The summed E-state index contributed by atoms with van der Waals surface area (Å²) in [6, 6.07) is 11.7. The molecule has 0 bridgehead atoms. The van der Waals surface area contributed by atoms with E-state index in [2.05, 4.69) is 10.3 Å². The molecule has 1 aromatic carbocycles. The number of carbonyl (C=O) groups is 1. The molecule has 2 aromatic heterocycles. The Labute approximate surface area is 141 Å². The fourth-order valence-electron chi connectivity index (χ4n) is 2.34. The topological polar surface area (TPSA) is 95.3 Å². The van der Waals surface area contributed by atoms with Crippen LogP contribution in [0.5, 0.6) is 0 Å². The monoisotopic (exact) mass is 342 g/mol. The summed E-state index contributed by atoms with van der Waals surface area (Å²) >= 11 is 0. The van der Waals surface area contributed by atoms with Gasteiger partial charge in [-0.2, -0.15) is 0 Å². The van der Waals surface area contributed by atoms with Crippen molar-refractivity contribution in [2.24, 2.45) is 0 Å². The van der Waals surface area contributed by atoms with Crippen molar-refractivity contribution in [2.45, 2.75) is 6.10 Å². The largest absolute Gasteiger partial charge is 0.463 e. The molecule has 25 heavy (non-hydrogen) atoms. The van der Waals surface area contributed by atoms with Crippen LogP contribution in [0.2, 0.25) is 0 Å². The zero-order chi connectivity index (χ0) is 17.8. The second-order valence-electron chi connectivity index (χ2n) is 5.37. The van der Waals surface area contributed by atoms with Gasteiger partial charge in [0.15, 0.2) is 0 Å². The molecule has 0 aliphatic rings. The number of hydrogen-bond donors (Lipinski definition) is 3. The molecular weight excluding hydrogens is 327 g/mol. The molecule has 0 aliphatic heterocycles. The van der Waals surface area contributed by atoms with Crippen LogP contribution in [0.4, 0.5) is 4.39 Å². The van der Waals surface area contributed by atoms with Crippen molar-refractivity contribution in [3.8, 4) is 11.5 Å². The molecular formula is C18H15FN2O4. The fraction of sp³-hybridized carbons (Fsp3) is 0.111. The van der Waals surface area contributed by atoms with E-state index in [0.717, 1.165) is 0 Å². The van der Waals surface area contributed by atoms with Crippen molar-refractivity contribution >= 4 is 5.91 Å². The van der Waals surface area contributed by atoms with Crippen LogP contribution >= 0.6 is 0 Å². The van der Waals surface area contributed by atoms with Gasteiger partial charge in [0, 0.05) is 6.54 Å². The summed E-state index contributed by atoms with van der Waals surface area (Å²) < 4.78 is 18.3. The van der Waals surface area contributed by atoms with Crippen molar-refractivity contribution in [3.05, 3.63) is 82.1 Å². The number of aliphatic hydroxyl groups excluding tert-OH is 1. The van der Waals surface area contributed by atoms with Crippen molar-refractivity contribution < 1.29 is 18.7 Å². The maximum atomic E-state index is 13.1. The predicted molar refractivity (Wildman–Crippen MR) is 88.5 cm³/mol. The molecule has 0 unspecified atom stereocenters. The Morgan fingerprint density at radius 3 is 2.76 bits per heavy atom. The molecule has 3 aromatic rings. The van der Waals surface area contributed by atoms with Gasteiger partial charge in [0.25, 0.3) is 11.5 Å². The second kappa shape index (κ2) is 7.14. The maximum Gasteiger partial charge on any atom is 0.261 e. The number of benzene rings is 1. The first-order valence-electron chi connectivity index (χ1n) is 7.53. The first kappa shape index (κ1) is 16.7. The van der Waals surface area contributed by atoms with Crippen LogP contribution in [-0.2, 0) is 0 Å². The third-order valence-corrected chi connectivity index (χ3v) is 3.63. The van der Waals surface area contributed by atoms with Gasteiger partial charge in [-0.15, -0.1) is 0 Å². The molecule has 0 saturated carbocycles. The number of aliphatic hydroxyl groups is 1. The fourth-order valence-corrected chi connectivity index (χ4v) is 2.34. The highest BCUT2D eigenvalue weighted by Gasteiger charge is 2.15. The van der Waals surface area contributed by atoms with Gasteiger partial charge in [0.1, 0.15) is 17.1 Å². The van der Waals surface area contributed by atoms with Gasteiger partial charge in [-0.05, 0) is 42.0 Å². The molecule has 3 N–H and O–H groups in total. The quantitative estimate of drug-likeness (QED) is 0.663. The highest BCUT2D eigenvalue weighted by molar-refractivity contribution is 5.94. The Hall–Kier alpha value is -3.19. The summed E-state index contributed by atoms with van der Waals surface area (Å²) in [6.07, 6.45) is 0.392. The molecule has 0 saturated heterocycles. The number of pyridine rings is 1. The van der Waals surface area contributed by atoms with E-state index < -0.39 is 23.4 Å². The van der Waals surface area contributed by atoms with Gasteiger partial charge in [-0.25, -0.2) is 4.39 Å². The van der Waals surface area contributed by atoms with Crippen LogP contribution in [0.3, 0.4) is 0 Å². The average molecular weight is 342 g/mol. The molecule has 0 radical (unpaired) electrons. The zero-order valence-electron chi connectivity index (χ0n) is 13.0. The summed E-state index contributed by atoms with van der Waals surface area (Å²) in [5.41, 5.74) is 0.113. The van der Waals surface area contributed by atoms with E-state index in [4.69, 9.17) is 4.42 Å². The standard InChI is InChI=1S/C18H15FN2O4/c19-12-4-1-3-11(9-12)15(22)10-20-17(23)13-6-7-14(21-18(13)24)16-5-2-8-25-16/h1-9,15,22H,10H2,(H,20,23)(H,21,24)/t15-/m0/s1. The number of rotatable bonds is 5. The minimum absolute atomic E-state index is 0.0956. The van der Waals surface area contributed by atoms with E-state index in [0.29, 0.717) is 17.0 Å². The first-order valence-corrected chi connectivity index (χ1v) is 7.53. The molecule has 0 spiro atoms. The van der Waals surface area contributed by atoms with Gasteiger partial charge < -0.3 is 19.8 Å². The minimum Gasteiger partial charge on any atom is -0.463 e. The van der Waals surface area contributed by atoms with Crippen LogP contribution in [0, 0.1) is 5.82 Å². The SMILES string of the molecule is O=C(NC[C@H](O)c1cccc(F)c1)c1ccc(-c2ccco2)[nH]c1=O. The Morgan fingerprint density at radius 1 is 1.24 bits per heavy atom. The summed E-state index contributed by atoms with van der Waals surface area (Å²) in [6.45, 7) is -0.151. The van der Waals surface area contributed by atoms with E-state index in [1.54, 1.807) is 24.3 Å². The van der Waals surface area contributed by atoms with Crippen molar-refractivity contribution in [1.82, 2.24) is 10.3 Å². The second-order valence-corrected chi connectivity index (χ2v) is 5.37. The van der Waals surface area contributed by atoms with Crippen LogP contribution in [-0.4, -0.2) is 22.5 Å². The van der Waals surface area contributed by atoms with Gasteiger partial charge in [0.2, 0.25) is 0 Å². The Morgan fingerprint density at radius 2 is 2.08 bits per heavy atom. The number of halogens is 1. The molecule has 0 fully saturated rings. The molecule has 1 amide bonds. The molecule has 2 heterocycles. The number of furan rings is 1. The summed E-state index contributed by atoms with van der Waals surface area (Å²) in [5.74, 6) is -0.638. The number of hydrogen-bond acceptors (Lipinski definition) is 4. The highest BCUT2D eigenvalue weighted by atomic mass is 19.1. The lowest BCUT2D eigenvalue weighted by Gasteiger charge is -2.12. The number of aromatic amines is 1. The highest BCUT2D eigenvalue weighted by Crippen LogP contribution is 2.16. The maximum absolute atomic E-state index is 13.1. The normalized spacial score (nSPS) is 11.9. The van der Waals surface area contributed by atoms with Crippen molar-refractivity contribution in [3.63, 3.8) is 0 Å². The molecule has 1 atom stereocenters. The van der Waals surface area contributed by atoms with Crippen molar-refractivity contribution in [1.29, 1.82) is 0 Å². The molecule has 6 nitrogen and oxygen atoms in total. The summed E-state index contributed by atoms with van der Waals surface area (Å²) in [4.78, 5) is 26.8. The van der Waals surface area contributed by atoms with E-state index >= 15 is 0 Å². The summed E-state index contributed by atoms with van der Waals surface area (Å²) in [7, 11) is 0. The number of nitrogens with one attached hydrogen (secondary N) is 2. The lowest BCUT2D eigenvalue weighted by atomic mass is 10.1. The number of aromatic nitrogens is 1. The van der Waals surface area contributed by atoms with Crippen LogP contribution in [0.25, 0.3) is 11.5 Å². The van der Waals surface area contributed by atoms with Gasteiger partial charge in [0.05, 0.1) is 18.1 Å². The zero-order valence-corrected chi connectivity index (χ0v) is 13.0. The minimum atomic E-state index is -1.08. The van der Waals surface area contributed by atoms with Crippen LogP contribution in [0.15, 0.2) is 64.0 Å².